The van der Waals surface area contributed by atoms with Crippen molar-refractivity contribution in [2.45, 2.75) is 170 Å². The molecule has 5 atom stereocenters. The highest BCUT2D eigenvalue weighted by Gasteiger charge is 2.49. The molecule has 1 aromatic heterocycles. The zero-order chi connectivity index (χ0) is 77.2. The van der Waals surface area contributed by atoms with Gasteiger partial charge in [-0.15, -0.1) is 23.1 Å². The zero-order valence-electron chi connectivity index (χ0n) is 61.5. The number of carbonyl (C=O) groups is 5. The molecule has 10 rings (SSSR count). The van der Waals surface area contributed by atoms with Crippen molar-refractivity contribution in [3.8, 4) is 10.4 Å². The first kappa shape index (κ1) is 82.1. The van der Waals surface area contributed by atoms with Gasteiger partial charge in [-0.25, -0.2) is 30.9 Å². The quantitative estimate of drug-likeness (QED) is 0.0166. The molecule has 29 heteroatoms. The number of aromatic nitrogens is 1. The first-order chi connectivity index (χ1) is 50.6. The summed E-state index contributed by atoms with van der Waals surface area (Å²) in [5.41, 5.74) is 1.10. The highest BCUT2D eigenvalue weighted by Crippen LogP contribution is 2.44. The fraction of sp³-hybridized carbons (Fsp3) is 0.487. The molecule has 4 aliphatic rings. The monoisotopic (exact) mass is 1570 g/mol. The van der Waals surface area contributed by atoms with Gasteiger partial charge in [-0.3, -0.25) is 33.8 Å². The van der Waals surface area contributed by atoms with Crippen LogP contribution < -0.4 is 25.6 Å². The maximum Gasteiger partial charge on any atom is 0.501 e. The summed E-state index contributed by atoms with van der Waals surface area (Å²) in [6.07, 6.45) is 4.76. The standard InChI is InChI=1S/C78H97ClF4N10O10S4/c1-51(53-19-21-54(22-20-53)71-52(2)84-50-105-71)85-74(98)67-44-60(94)48-93(67)75(99)72(76(3,4)5)87-69(95)17-13-8-9-14-18-70(96)92-41-35-89(36-42-92)34-32-58(49-104-61-15-11-10-12-16-61)86-66-30-28-62(45-68(66)106(100,101)78(81,82)83)107(102,103)88-73(97)55-23-26-59(27-24-55)91-39-37-90(38-40-91)47-56-46-77(6,7)33-31-63(56)64-29-25-57(79)43-65(64)80/h10-12,15-16,19-30,43,45,50-51,58,60,67,72,86,94H,8-9,13-14,17-18,31-42,44,46-49H2,1-7H3,(H,85,98)(H,87,95)(H,88,97)/t51-,58+,60+,67-,72+/m0/s1. The van der Waals surface area contributed by atoms with Crippen molar-refractivity contribution < 1.29 is 63.5 Å². The number of carbonyl (C=O) groups excluding carboxylic acids is 5. The molecule has 0 bridgehead atoms. The number of aliphatic hydroxyl groups excluding tert-OH is 1. The number of thioether (sulfide) groups is 1. The lowest BCUT2D eigenvalue weighted by atomic mass is 9.72. The number of hydrogen-bond acceptors (Lipinski definition) is 17. The smallest absolute Gasteiger partial charge is 0.391 e. The molecule has 6 aromatic rings. The van der Waals surface area contributed by atoms with Gasteiger partial charge in [-0.05, 0) is 147 Å². The third-order valence-electron chi connectivity index (χ3n) is 20.5. The normalized spacial score (nSPS) is 18.6. The number of amides is 5. The second kappa shape index (κ2) is 35.5. The van der Waals surface area contributed by atoms with Gasteiger partial charge in [0.05, 0.1) is 38.8 Å². The van der Waals surface area contributed by atoms with E-state index in [9.17, 15) is 59.1 Å². The maximum atomic E-state index is 15.2. The predicted molar refractivity (Wildman–Crippen MR) is 412 cm³/mol. The summed E-state index contributed by atoms with van der Waals surface area (Å²) in [6.45, 7) is 19.2. The van der Waals surface area contributed by atoms with E-state index < -0.39 is 94.3 Å². The van der Waals surface area contributed by atoms with Gasteiger partial charge in [-0.2, -0.15) is 13.2 Å². The van der Waals surface area contributed by atoms with Crippen molar-refractivity contribution in [3.63, 3.8) is 0 Å². The molecular formula is C78H97ClF4N10O10S4. The number of unbranched alkanes of at least 4 members (excludes halogenated alkanes) is 3. The molecule has 0 unspecified atom stereocenters. The maximum absolute atomic E-state index is 15.2. The Morgan fingerprint density at radius 3 is 2.12 bits per heavy atom. The van der Waals surface area contributed by atoms with Crippen LogP contribution in [0.5, 0.6) is 0 Å². The second-order valence-corrected chi connectivity index (χ2v) is 36.1. The number of thiazole rings is 1. The number of sulfone groups is 1. The van der Waals surface area contributed by atoms with Crippen LogP contribution in [0.2, 0.25) is 5.02 Å². The molecule has 0 radical (unpaired) electrons. The zero-order valence-corrected chi connectivity index (χ0v) is 65.5. The van der Waals surface area contributed by atoms with E-state index in [1.165, 1.54) is 40.4 Å². The van der Waals surface area contributed by atoms with Crippen LogP contribution >= 0.6 is 34.7 Å². The molecular weight excluding hydrogens is 1480 g/mol. The average Bonchev–Trinajstić information content (AvgIpc) is 1.36. The third kappa shape index (κ3) is 21.5. The molecule has 5 N–H and O–H groups in total. The summed E-state index contributed by atoms with van der Waals surface area (Å²) in [7, 11) is -11.2. The minimum absolute atomic E-state index is 0.0311. The summed E-state index contributed by atoms with van der Waals surface area (Å²) in [5, 5.41) is 20.0. The van der Waals surface area contributed by atoms with E-state index in [0.717, 1.165) is 69.2 Å². The Balaban J connectivity index is 0.681. The van der Waals surface area contributed by atoms with Crippen molar-refractivity contribution >= 4 is 101 Å². The van der Waals surface area contributed by atoms with E-state index >= 15 is 4.39 Å². The Morgan fingerprint density at radius 2 is 1.48 bits per heavy atom. The minimum atomic E-state index is -6.19. The molecule has 1 aliphatic carbocycles. The van der Waals surface area contributed by atoms with Gasteiger partial charge in [0.1, 0.15) is 22.8 Å². The molecule has 3 aliphatic heterocycles. The van der Waals surface area contributed by atoms with E-state index in [1.54, 1.807) is 46.0 Å². The number of nitrogens with zero attached hydrogens (tertiary/aromatic N) is 6. The number of sulfonamides is 1. The second-order valence-electron chi connectivity index (χ2n) is 30.2. The number of anilines is 2. The highest BCUT2D eigenvalue weighted by atomic mass is 35.5. The molecule has 0 spiro atoms. The molecule has 0 saturated carbocycles. The van der Waals surface area contributed by atoms with Crippen LogP contribution in [0.15, 0.2) is 141 Å². The Hall–Kier alpha value is -7.44. The average molecular weight is 1570 g/mol. The van der Waals surface area contributed by atoms with Crippen LogP contribution in [0.1, 0.15) is 145 Å². The number of halogens is 5. The third-order valence-corrected chi connectivity index (χ3v) is 25.7. The van der Waals surface area contributed by atoms with Gasteiger partial charge in [0.2, 0.25) is 23.6 Å². The molecule has 3 saturated heterocycles. The number of hydrogen-bond donors (Lipinski definition) is 5. The van der Waals surface area contributed by atoms with Crippen molar-refractivity contribution in [1.82, 2.24) is 39.9 Å². The number of aliphatic hydroxyl groups is 1. The fourth-order valence-electron chi connectivity index (χ4n) is 14.3. The number of benzene rings is 5. The summed E-state index contributed by atoms with van der Waals surface area (Å²) < 4.78 is 116. The fourth-order valence-corrected chi connectivity index (χ4v) is 18.3. The summed E-state index contributed by atoms with van der Waals surface area (Å²) in [4.78, 5) is 82.3. The number of allylic oxidation sites excluding steroid dienone is 1. The number of aryl methyl sites for hydroxylation is 1. The van der Waals surface area contributed by atoms with Crippen molar-refractivity contribution in [3.05, 3.63) is 160 Å². The summed E-state index contributed by atoms with van der Waals surface area (Å²) in [5.74, 6) is -2.39. The van der Waals surface area contributed by atoms with Crippen LogP contribution in [0, 0.1) is 23.6 Å². The van der Waals surface area contributed by atoms with E-state index in [1.807, 2.05) is 93.9 Å². The number of nitrogens with one attached hydrogen (secondary N) is 4. The van der Waals surface area contributed by atoms with E-state index in [4.69, 9.17) is 11.6 Å². The lowest BCUT2D eigenvalue weighted by molar-refractivity contribution is -0.144. The summed E-state index contributed by atoms with van der Waals surface area (Å²) in [6, 6.07) is 27.4. The molecule has 107 heavy (non-hydrogen) atoms. The Labute approximate surface area is 638 Å². The molecule has 5 aromatic carbocycles. The van der Waals surface area contributed by atoms with Crippen molar-refractivity contribution in [2.75, 3.05) is 88.0 Å². The van der Waals surface area contributed by atoms with Gasteiger partial charge in [0, 0.05) is 130 Å². The van der Waals surface area contributed by atoms with Crippen LogP contribution in [-0.2, 0) is 39.0 Å². The van der Waals surface area contributed by atoms with Crippen LogP contribution in [0.25, 0.3) is 16.0 Å². The summed E-state index contributed by atoms with van der Waals surface area (Å²) >= 11 is 9.03. The number of piperazine rings is 2. The van der Waals surface area contributed by atoms with Crippen LogP contribution in [0.4, 0.5) is 28.9 Å². The van der Waals surface area contributed by atoms with Gasteiger partial charge in [0.15, 0.2) is 0 Å². The lowest BCUT2D eigenvalue weighted by Gasteiger charge is -2.39. The number of rotatable bonds is 29. The molecule has 578 valence electrons. The Kier molecular flexibility index (Phi) is 27.2. The van der Waals surface area contributed by atoms with Gasteiger partial charge < -0.3 is 35.8 Å². The molecule has 20 nitrogen and oxygen atoms in total. The van der Waals surface area contributed by atoms with Crippen molar-refractivity contribution in [2.24, 2.45) is 10.8 Å². The van der Waals surface area contributed by atoms with Crippen LogP contribution in [-0.4, -0.2) is 184 Å². The topological polar surface area (TPSA) is 251 Å². The Morgan fingerprint density at radius 1 is 0.804 bits per heavy atom. The molecule has 5 amide bonds. The van der Waals surface area contributed by atoms with Gasteiger partial charge in [-0.1, -0.05) is 113 Å². The predicted octanol–water partition coefficient (Wildman–Crippen LogP) is 12.9. The first-order valence-corrected chi connectivity index (χ1v) is 41.6. The van der Waals surface area contributed by atoms with Crippen molar-refractivity contribution in [1.29, 1.82) is 0 Å². The van der Waals surface area contributed by atoms with Crippen LogP contribution in [0.3, 0.4) is 0 Å². The Bertz CT molecular complexity index is 4400. The van der Waals surface area contributed by atoms with E-state index in [-0.39, 0.29) is 60.2 Å². The number of alkyl halides is 3. The molecule has 3 fully saturated rings. The number of likely N-dealkylation sites (tertiary alicyclic amines) is 1. The number of β-amino-alcohol motifs (C(OH)–C–C–N with tert-alkyl or cyclic N) is 1. The van der Waals surface area contributed by atoms with Gasteiger partial charge in [0.25, 0.3) is 25.8 Å². The minimum Gasteiger partial charge on any atom is -0.391 e. The largest absolute Gasteiger partial charge is 0.501 e. The molecule has 4 heterocycles. The first-order valence-electron chi connectivity index (χ1n) is 36.4. The highest BCUT2D eigenvalue weighted by molar-refractivity contribution is 7.99. The van der Waals surface area contributed by atoms with E-state index in [0.29, 0.717) is 114 Å². The van der Waals surface area contributed by atoms with Gasteiger partial charge >= 0.3 is 5.51 Å². The lowest BCUT2D eigenvalue weighted by Crippen LogP contribution is -2.57. The van der Waals surface area contributed by atoms with E-state index in [2.05, 4.69) is 49.5 Å². The SMILES string of the molecule is Cc1ncsc1-c1ccc([C@H](C)NC(=O)[C@@H]2C[C@@H](O)CN2C(=O)[C@@H](NC(=O)CCCCCCC(=O)N2CCN(CC[C@H](CSc3ccccc3)Nc3ccc(S(=O)(=O)NC(=O)c4ccc(N5CCN(CC6=C(c7ccc(Cl)cc7F)CCC(C)(C)C6)CC5)cc4)cc3S(=O)(=O)C(F)(F)F)CC2)C(C)(C)C)cc1.